The maximum Gasteiger partial charge on any atom is 0.436 e. The van der Waals surface area contributed by atoms with Gasteiger partial charge in [0, 0.05) is 6.42 Å². The van der Waals surface area contributed by atoms with Crippen molar-refractivity contribution in [3.8, 4) is 0 Å². The van der Waals surface area contributed by atoms with Crippen molar-refractivity contribution in [3.05, 3.63) is 40.2 Å². The maximum atomic E-state index is 12.8. The van der Waals surface area contributed by atoms with Crippen molar-refractivity contribution < 1.29 is 18.0 Å². The highest BCUT2D eigenvalue weighted by Crippen LogP contribution is 2.35. The molecule has 2 heterocycles. The molecule has 0 saturated heterocycles. The van der Waals surface area contributed by atoms with E-state index in [0.29, 0.717) is 5.13 Å². The SMILES string of the molecule is Cc1ccc2nc(NC(=O)CCn3nc(C(F)(F)F)c(Cl)c3C)sc2c1. The Morgan fingerprint density at radius 1 is 1.35 bits per heavy atom. The number of hydrogen-bond donors (Lipinski definition) is 1. The van der Waals surface area contributed by atoms with Gasteiger partial charge in [0.05, 0.1) is 27.5 Å². The van der Waals surface area contributed by atoms with Crippen molar-refractivity contribution in [1.82, 2.24) is 14.8 Å². The second-order valence-corrected chi connectivity index (χ2v) is 7.17. The van der Waals surface area contributed by atoms with E-state index in [1.165, 1.54) is 18.3 Å². The van der Waals surface area contributed by atoms with Crippen LogP contribution in [0.25, 0.3) is 10.2 Å². The van der Waals surface area contributed by atoms with E-state index < -0.39 is 16.9 Å². The van der Waals surface area contributed by atoms with Crippen molar-refractivity contribution in [2.24, 2.45) is 0 Å². The number of hydrogen-bond acceptors (Lipinski definition) is 4. The Labute approximate surface area is 155 Å². The molecule has 26 heavy (non-hydrogen) atoms. The number of amides is 1. The average molecular weight is 403 g/mol. The lowest BCUT2D eigenvalue weighted by atomic mass is 10.2. The summed E-state index contributed by atoms with van der Waals surface area (Å²) < 4.78 is 40.5. The van der Waals surface area contributed by atoms with Crippen LogP contribution in [0.5, 0.6) is 0 Å². The molecule has 0 saturated carbocycles. The van der Waals surface area contributed by atoms with E-state index in [4.69, 9.17) is 11.6 Å². The molecule has 0 unspecified atom stereocenters. The first-order valence-corrected chi connectivity index (χ1v) is 8.82. The lowest BCUT2D eigenvalue weighted by Crippen LogP contribution is -2.16. The third kappa shape index (κ3) is 3.83. The van der Waals surface area contributed by atoms with Gasteiger partial charge in [-0.3, -0.25) is 9.48 Å². The molecule has 3 rings (SSSR count). The van der Waals surface area contributed by atoms with Crippen LogP contribution in [0.3, 0.4) is 0 Å². The molecule has 3 aromatic rings. The summed E-state index contributed by atoms with van der Waals surface area (Å²) in [5.74, 6) is -0.361. The molecular weight excluding hydrogens is 389 g/mol. The molecule has 10 heteroatoms. The van der Waals surface area contributed by atoms with Crippen LogP contribution in [0, 0.1) is 13.8 Å². The van der Waals surface area contributed by atoms with E-state index in [1.54, 1.807) is 0 Å². The Hall–Kier alpha value is -2.13. The Kier molecular flexibility index (Phi) is 4.94. The first-order valence-electron chi connectivity index (χ1n) is 7.62. The molecular formula is C16H14ClF3N4OS. The number of fused-ring (bicyclic) bond motifs is 1. The molecule has 1 aromatic carbocycles. The normalized spacial score (nSPS) is 11.9. The number of anilines is 1. The predicted molar refractivity (Wildman–Crippen MR) is 94.6 cm³/mol. The molecule has 0 fully saturated rings. The van der Waals surface area contributed by atoms with Crippen molar-refractivity contribution >= 4 is 44.2 Å². The number of carbonyl (C=O) groups is 1. The van der Waals surface area contributed by atoms with E-state index in [9.17, 15) is 18.0 Å². The molecule has 0 radical (unpaired) electrons. The summed E-state index contributed by atoms with van der Waals surface area (Å²) in [5.41, 5.74) is 0.895. The largest absolute Gasteiger partial charge is 0.436 e. The van der Waals surface area contributed by atoms with Gasteiger partial charge in [-0.2, -0.15) is 18.3 Å². The third-order valence-corrected chi connectivity index (χ3v) is 5.13. The van der Waals surface area contributed by atoms with Gasteiger partial charge in [-0.1, -0.05) is 29.0 Å². The number of carbonyl (C=O) groups excluding carboxylic acids is 1. The van der Waals surface area contributed by atoms with Gasteiger partial charge in [0.1, 0.15) is 0 Å². The molecule has 0 bridgehead atoms. The molecule has 1 amide bonds. The van der Waals surface area contributed by atoms with Gasteiger partial charge in [0.25, 0.3) is 0 Å². The number of alkyl halides is 3. The summed E-state index contributed by atoms with van der Waals surface area (Å²) in [5, 5.41) is 6.14. The fourth-order valence-electron chi connectivity index (χ4n) is 2.40. The van der Waals surface area contributed by atoms with Crippen LogP contribution in [-0.2, 0) is 17.5 Å². The van der Waals surface area contributed by atoms with Crippen molar-refractivity contribution in [3.63, 3.8) is 0 Å². The number of nitrogens with zero attached hydrogens (tertiary/aromatic N) is 3. The number of halogens is 4. The molecule has 0 aliphatic rings. The van der Waals surface area contributed by atoms with Gasteiger partial charge in [-0.05, 0) is 31.5 Å². The monoisotopic (exact) mass is 402 g/mol. The van der Waals surface area contributed by atoms with Crippen molar-refractivity contribution in [1.29, 1.82) is 0 Å². The Morgan fingerprint density at radius 3 is 2.73 bits per heavy atom. The smallest absolute Gasteiger partial charge is 0.302 e. The number of benzene rings is 1. The highest BCUT2D eigenvalue weighted by molar-refractivity contribution is 7.22. The minimum absolute atomic E-state index is 0.0164. The summed E-state index contributed by atoms with van der Waals surface area (Å²) >= 11 is 7.03. The molecule has 0 aliphatic carbocycles. The quantitative estimate of drug-likeness (QED) is 0.681. The molecule has 138 valence electrons. The number of rotatable bonds is 4. The maximum absolute atomic E-state index is 12.8. The van der Waals surface area contributed by atoms with E-state index in [-0.39, 0.29) is 24.6 Å². The topological polar surface area (TPSA) is 59.8 Å². The van der Waals surface area contributed by atoms with Crippen LogP contribution < -0.4 is 5.32 Å². The first-order chi connectivity index (χ1) is 12.1. The van der Waals surface area contributed by atoms with Crippen LogP contribution in [0.4, 0.5) is 18.3 Å². The van der Waals surface area contributed by atoms with E-state index in [0.717, 1.165) is 20.5 Å². The highest BCUT2D eigenvalue weighted by atomic mass is 35.5. The molecule has 5 nitrogen and oxygen atoms in total. The van der Waals surface area contributed by atoms with Gasteiger partial charge in [-0.25, -0.2) is 4.98 Å². The first kappa shape index (κ1) is 18.7. The van der Waals surface area contributed by atoms with Gasteiger partial charge in [0.15, 0.2) is 10.8 Å². The summed E-state index contributed by atoms with van der Waals surface area (Å²) in [6, 6.07) is 5.76. The van der Waals surface area contributed by atoms with Gasteiger partial charge < -0.3 is 5.32 Å². The van der Waals surface area contributed by atoms with Gasteiger partial charge >= 0.3 is 6.18 Å². The second kappa shape index (κ2) is 6.88. The zero-order valence-electron chi connectivity index (χ0n) is 13.8. The Balaban J connectivity index is 1.67. The lowest BCUT2D eigenvalue weighted by Gasteiger charge is -2.04. The molecule has 1 N–H and O–H groups in total. The highest BCUT2D eigenvalue weighted by Gasteiger charge is 2.38. The van der Waals surface area contributed by atoms with Crippen LogP contribution >= 0.6 is 22.9 Å². The number of aromatic nitrogens is 3. The molecule has 2 aromatic heterocycles. The fourth-order valence-corrected chi connectivity index (χ4v) is 3.62. The van der Waals surface area contributed by atoms with E-state index in [2.05, 4.69) is 15.4 Å². The van der Waals surface area contributed by atoms with Crippen molar-refractivity contribution in [2.45, 2.75) is 33.0 Å². The standard InChI is InChI=1S/C16H14ClF3N4OS/c1-8-3-4-10-11(7-8)26-15(21-10)22-12(25)5-6-24-9(2)13(17)14(23-24)16(18,19)20/h3-4,7H,5-6H2,1-2H3,(H,21,22,25). The predicted octanol–water partition coefficient (Wildman–Crippen LogP) is 4.81. The Morgan fingerprint density at radius 2 is 2.08 bits per heavy atom. The van der Waals surface area contributed by atoms with Crippen LogP contribution in [0.2, 0.25) is 5.02 Å². The van der Waals surface area contributed by atoms with E-state index in [1.807, 2.05) is 25.1 Å². The zero-order chi connectivity index (χ0) is 19.1. The van der Waals surface area contributed by atoms with Gasteiger partial charge in [0.2, 0.25) is 5.91 Å². The molecule has 0 spiro atoms. The molecule has 0 aliphatic heterocycles. The van der Waals surface area contributed by atoms with Crippen LogP contribution in [-0.4, -0.2) is 20.7 Å². The minimum atomic E-state index is -4.63. The summed E-state index contributed by atoms with van der Waals surface area (Å²) in [6.07, 6.45) is -4.68. The summed E-state index contributed by atoms with van der Waals surface area (Å²) in [7, 11) is 0. The average Bonchev–Trinajstić information content (AvgIpc) is 3.06. The fraction of sp³-hybridized carbons (Fsp3) is 0.312. The number of nitrogens with one attached hydrogen (secondary N) is 1. The van der Waals surface area contributed by atoms with Crippen molar-refractivity contribution in [2.75, 3.05) is 5.32 Å². The van der Waals surface area contributed by atoms with E-state index >= 15 is 0 Å². The Bertz CT molecular complexity index is 980. The summed E-state index contributed by atoms with van der Waals surface area (Å²) in [6.45, 7) is 3.37. The van der Waals surface area contributed by atoms with Crippen LogP contribution in [0.15, 0.2) is 18.2 Å². The number of aryl methyl sites for hydroxylation is 2. The lowest BCUT2D eigenvalue weighted by molar-refractivity contribution is -0.141. The number of thiazole rings is 1. The van der Waals surface area contributed by atoms with Crippen LogP contribution in [0.1, 0.15) is 23.4 Å². The second-order valence-electron chi connectivity index (χ2n) is 5.76. The third-order valence-electron chi connectivity index (χ3n) is 3.74. The molecule has 0 atom stereocenters. The van der Waals surface area contributed by atoms with Gasteiger partial charge in [-0.15, -0.1) is 0 Å². The zero-order valence-corrected chi connectivity index (χ0v) is 15.4. The minimum Gasteiger partial charge on any atom is -0.302 e. The summed E-state index contributed by atoms with van der Waals surface area (Å²) in [4.78, 5) is 16.4.